The summed E-state index contributed by atoms with van der Waals surface area (Å²) in [5.41, 5.74) is 3.73. The van der Waals surface area contributed by atoms with Gasteiger partial charge in [0.25, 0.3) is 0 Å². The zero-order valence-corrected chi connectivity index (χ0v) is 17.5. The second kappa shape index (κ2) is 9.92. The Balaban J connectivity index is 2.14. The molecule has 146 valence electrons. The third-order valence-electron chi connectivity index (χ3n) is 3.90. The predicted molar refractivity (Wildman–Crippen MR) is 116 cm³/mol. The Morgan fingerprint density at radius 1 is 1.07 bits per heavy atom. The first-order valence-electron chi connectivity index (χ1n) is 9.47. The minimum Gasteiger partial charge on any atom is -0.459 e. The fourth-order valence-corrected chi connectivity index (χ4v) is 2.54. The maximum absolute atomic E-state index is 12.0. The van der Waals surface area contributed by atoms with Crippen molar-refractivity contribution >= 4 is 11.5 Å². The Kier molecular flexibility index (Phi) is 7.61. The Hall–Kier alpha value is -2.83. The van der Waals surface area contributed by atoms with E-state index in [2.05, 4.69) is 37.0 Å². The predicted octanol–water partition coefficient (Wildman–Crippen LogP) is 4.70. The Bertz CT molecular complexity index is 863. The normalized spacial score (nSPS) is 11.7. The molecule has 0 aliphatic heterocycles. The van der Waals surface area contributed by atoms with E-state index in [0.29, 0.717) is 6.54 Å². The van der Waals surface area contributed by atoms with Crippen molar-refractivity contribution in [3.63, 3.8) is 0 Å². The van der Waals surface area contributed by atoms with Crippen LogP contribution in [-0.2, 0) is 9.53 Å². The maximum Gasteiger partial charge on any atom is 0.320 e. The van der Waals surface area contributed by atoms with Gasteiger partial charge in [-0.1, -0.05) is 65.9 Å². The number of benzene rings is 2. The third-order valence-corrected chi connectivity index (χ3v) is 3.90. The van der Waals surface area contributed by atoms with Crippen molar-refractivity contribution < 1.29 is 9.53 Å². The first-order valence-corrected chi connectivity index (χ1v) is 9.47. The number of allylic oxidation sites excluding steroid dienone is 1. The first-order chi connectivity index (χ1) is 13.2. The van der Waals surface area contributed by atoms with Crippen LogP contribution in [0.15, 0.2) is 60.7 Å². The fraction of sp³-hybridized carbons (Fsp3) is 0.320. The zero-order chi connectivity index (χ0) is 20.6. The lowest BCUT2D eigenvalue weighted by molar-refractivity contribution is -0.155. The standard InChI is InChI=1S/C25H29NO2/c1-20-11-13-21(14-12-20)15-16-23(22-9-7-6-8-10-22)17-18-26(5)19-24(27)28-25(2,3)4/h6-14,17H,18-19H2,1-5H3. The molecule has 2 rings (SSSR count). The van der Waals surface area contributed by atoms with Crippen molar-refractivity contribution in [3.8, 4) is 11.8 Å². The summed E-state index contributed by atoms with van der Waals surface area (Å²) < 4.78 is 5.39. The van der Waals surface area contributed by atoms with Crippen molar-refractivity contribution in [1.82, 2.24) is 4.90 Å². The molecule has 0 unspecified atom stereocenters. The Labute approximate surface area is 169 Å². The number of nitrogens with zero attached hydrogens (tertiary/aromatic N) is 1. The average Bonchev–Trinajstić information content (AvgIpc) is 2.62. The second-order valence-electron chi connectivity index (χ2n) is 7.88. The molecule has 0 aromatic heterocycles. The number of esters is 1. The summed E-state index contributed by atoms with van der Waals surface area (Å²) >= 11 is 0. The number of rotatable bonds is 5. The summed E-state index contributed by atoms with van der Waals surface area (Å²) in [4.78, 5) is 13.9. The van der Waals surface area contributed by atoms with Gasteiger partial charge in [-0.3, -0.25) is 9.69 Å². The Morgan fingerprint density at radius 2 is 1.71 bits per heavy atom. The van der Waals surface area contributed by atoms with E-state index in [4.69, 9.17) is 4.74 Å². The number of ether oxygens (including phenoxy) is 1. The van der Waals surface area contributed by atoms with Gasteiger partial charge in [0.1, 0.15) is 5.60 Å². The summed E-state index contributed by atoms with van der Waals surface area (Å²) in [7, 11) is 1.90. The molecule has 0 aliphatic carbocycles. The number of hydrogen-bond acceptors (Lipinski definition) is 3. The van der Waals surface area contributed by atoms with Gasteiger partial charge in [-0.25, -0.2) is 0 Å². The van der Waals surface area contributed by atoms with Crippen LogP contribution in [0.3, 0.4) is 0 Å². The molecule has 2 aromatic carbocycles. The van der Waals surface area contributed by atoms with Gasteiger partial charge in [0.2, 0.25) is 0 Å². The van der Waals surface area contributed by atoms with Gasteiger partial charge in [-0.05, 0) is 52.4 Å². The van der Waals surface area contributed by atoms with Crippen LogP contribution in [0.1, 0.15) is 37.5 Å². The van der Waals surface area contributed by atoms with Crippen LogP contribution in [0.5, 0.6) is 0 Å². The van der Waals surface area contributed by atoms with Gasteiger partial charge < -0.3 is 4.74 Å². The quantitative estimate of drug-likeness (QED) is 0.560. The van der Waals surface area contributed by atoms with Crippen molar-refractivity contribution in [3.05, 3.63) is 77.4 Å². The van der Waals surface area contributed by atoms with Crippen LogP contribution < -0.4 is 0 Å². The Morgan fingerprint density at radius 3 is 2.32 bits per heavy atom. The van der Waals surface area contributed by atoms with Gasteiger partial charge in [-0.2, -0.15) is 0 Å². The molecular formula is C25H29NO2. The van der Waals surface area contributed by atoms with E-state index < -0.39 is 5.60 Å². The number of carbonyl (C=O) groups is 1. The lowest BCUT2D eigenvalue weighted by Crippen LogP contribution is -2.32. The van der Waals surface area contributed by atoms with Crippen LogP contribution in [0.2, 0.25) is 0 Å². The number of likely N-dealkylation sites (N-methyl/N-ethyl adjacent to an activating group) is 1. The molecular weight excluding hydrogens is 346 g/mol. The molecule has 0 amide bonds. The van der Waals surface area contributed by atoms with E-state index in [-0.39, 0.29) is 12.5 Å². The summed E-state index contributed by atoms with van der Waals surface area (Å²) in [6.45, 7) is 8.53. The van der Waals surface area contributed by atoms with Crippen molar-refractivity contribution in [2.24, 2.45) is 0 Å². The summed E-state index contributed by atoms with van der Waals surface area (Å²) in [5.74, 6) is 6.30. The smallest absolute Gasteiger partial charge is 0.320 e. The molecule has 0 saturated carbocycles. The number of carbonyl (C=O) groups excluding carboxylic acids is 1. The van der Waals surface area contributed by atoms with Crippen LogP contribution in [0.4, 0.5) is 0 Å². The molecule has 2 aromatic rings. The molecule has 0 atom stereocenters. The van der Waals surface area contributed by atoms with Gasteiger partial charge in [-0.15, -0.1) is 0 Å². The number of aryl methyl sites for hydroxylation is 1. The molecule has 0 heterocycles. The highest BCUT2D eigenvalue weighted by Crippen LogP contribution is 2.14. The van der Waals surface area contributed by atoms with Gasteiger partial charge in [0.15, 0.2) is 0 Å². The monoisotopic (exact) mass is 375 g/mol. The van der Waals surface area contributed by atoms with Crippen molar-refractivity contribution in [2.75, 3.05) is 20.1 Å². The molecule has 0 radical (unpaired) electrons. The molecule has 0 N–H and O–H groups in total. The van der Waals surface area contributed by atoms with E-state index in [9.17, 15) is 4.79 Å². The van der Waals surface area contributed by atoms with E-state index in [0.717, 1.165) is 16.7 Å². The molecule has 0 fully saturated rings. The van der Waals surface area contributed by atoms with Crippen molar-refractivity contribution in [2.45, 2.75) is 33.3 Å². The molecule has 0 aliphatic rings. The molecule has 0 spiro atoms. The highest BCUT2D eigenvalue weighted by atomic mass is 16.6. The number of hydrogen-bond donors (Lipinski definition) is 0. The molecule has 3 nitrogen and oxygen atoms in total. The second-order valence-corrected chi connectivity index (χ2v) is 7.88. The maximum atomic E-state index is 12.0. The lowest BCUT2D eigenvalue weighted by atomic mass is 10.0. The summed E-state index contributed by atoms with van der Waals surface area (Å²) in [6.07, 6.45) is 2.06. The molecule has 28 heavy (non-hydrogen) atoms. The molecule has 0 saturated heterocycles. The highest BCUT2D eigenvalue weighted by Gasteiger charge is 2.17. The van der Waals surface area contributed by atoms with E-state index >= 15 is 0 Å². The lowest BCUT2D eigenvalue weighted by Gasteiger charge is -2.22. The van der Waals surface area contributed by atoms with Crippen LogP contribution in [-0.4, -0.2) is 36.6 Å². The van der Waals surface area contributed by atoms with Crippen LogP contribution in [0, 0.1) is 18.8 Å². The molecule has 0 bridgehead atoms. The summed E-state index contributed by atoms with van der Waals surface area (Å²) in [6, 6.07) is 18.3. The van der Waals surface area contributed by atoms with E-state index in [1.807, 2.05) is 75.2 Å². The van der Waals surface area contributed by atoms with Gasteiger partial charge >= 0.3 is 5.97 Å². The summed E-state index contributed by atoms with van der Waals surface area (Å²) in [5, 5.41) is 0. The SMILES string of the molecule is Cc1ccc(C#CC(=CCN(C)CC(=O)OC(C)(C)C)c2ccccc2)cc1. The van der Waals surface area contributed by atoms with E-state index in [1.54, 1.807) is 0 Å². The van der Waals surface area contributed by atoms with Crippen LogP contribution in [0.25, 0.3) is 5.57 Å². The van der Waals surface area contributed by atoms with Crippen molar-refractivity contribution in [1.29, 1.82) is 0 Å². The van der Waals surface area contributed by atoms with Crippen LogP contribution >= 0.6 is 0 Å². The average molecular weight is 376 g/mol. The minimum atomic E-state index is -0.470. The van der Waals surface area contributed by atoms with Gasteiger partial charge in [0.05, 0.1) is 6.54 Å². The van der Waals surface area contributed by atoms with Gasteiger partial charge in [0, 0.05) is 17.7 Å². The highest BCUT2D eigenvalue weighted by molar-refractivity contribution is 5.79. The largest absolute Gasteiger partial charge is 0.459 e. The minimum absolute atomic E-state index is 0.226. The molecule has 3 heteroatoms. The zero-order valence-electron chi connectivity index (χ0n) is 17.5. The first kappa shape index (κ1) is 21.5. The third kappa shape index (κ3) is 7.82. The topological polar surface area (TPSA) is 29.5 Å². The fourth-order valence-electron chi connectivity index (χ4n) is 2.54. The van der Waals surface area contributed by atoms with E-state index in [1.165, 1.54) is 5.56 Å².